The highest BCUT2D eigenvalue weighted by Crippen LogP contribution is 2.31. The average Bonchev–Trinajstić information content (AvgIpc) is 3.53. The van der Waals surface area contributed by atoms with Crippen LogP contribution in [0.5, 0.6) is 5.75 Å². The lowest BCUT2D eigenvalue weighted by Crippen LogP contribution is -2.35. The summed E-state index contributed by atoms with van der Waals surface area (Å²) in [4.78, 5) is 13.2. The molecule has 0 radical (unpaired) electrons. The van der Waals surface area contributed by atoms with E-state index in [4.69, 9.17) is 4.74 Å². The lowest BCUT2D eigenvalue weighted by Gasteiger charge is -2.25. The van der Waals surface area contributed by atoms with Gasteiger partial charge >= 0.3 is 0 Å². The first-order chi connectivity index (χ1) is 16.5. The average molecular weight is 497 g/mol. The number of rotatable bonds is 7. The topological polar surface area (TPSA) is 75.7 Å². The summed E-state index contributed by atoms with van der Waals surface area (Å²) in [6, 6.07) is 17.8. The number of nitrogens with one attached hydrogen (secondary N) is 1. The molecule has 0 bridgehead atoms. The van der Waals surface area contributed by atoms with Gasteiger partial charge in [0.2, 0.25) is 5.91 Å². The highest BCUT2D eigenvalue weighted by Gasteiger charge is 2.27. The van der Waals surface area contributed by atoms with Gasteiger partial charge in [-0.3, -0.25) is 4.79 Å². The zero-order chi connectivity index (χ0) is 23.5. The third-order valence-electron chi connectivity index (χ3n) is 6.35. The summed E-state index contributed by atoms with van der Waals surface area (Å²) in [5.74, 6) is 0.858. The van der Waals surface area contributed by atoms with E-state index in [-0.39, 0.29) is 12.3 Å². The molecule has 0 aliphatic carbocycles. The molecule has 0 spiro atoms. The molecule has 1 saturated heterocycles. The lowest BCUT2D eigenvalue weighted by molar-refractivity contribution is -0.120. The molecule has 0 saturated carbocycles. The number of hydrogen-bond acceptors (Lipinski definition) is 5. The van der Waals surface area contributed by atoms with Gasteiger partial charge in [0.15, 0.2) is 0 Å². The highest BCUT2D eigenvalue weighted by atomic mass is 32.2. The normalized spacial score (nSPS) is 16.1. The van der Waals surface area contributed by atoms with Crippen LogP contribution in [0.1, 0.15) is 35.3 Å². The summed E-state index contributed by atoms with van der Waals surface area (Å²) in [5.41, 5.74) is 4.55. The van der Waals surface area contributed by atoms with Gasteiger partial charge in [-0.1, -0.05) is 36.8 Å². The molecule has 6 nitrogen and oxygen atoms in total. The fourth-order valence-corrected chi connectivity index (χ4v) is 7.45. The maximum atomic E-state index is 12.8. The molecule has 0 atom stereocenters. The van der Waals surface area contributed by atoms with Crippen molar-refractivity contribution in [2.24, 2.45) is 0 Å². The number of sulfonamides is 1. The molecule has 2 aliphatic rings. The van der Waals surface area contributed by atoms with Crippen molar-refractivity contribution in [1.29, 1.82) is 0 Å². The van der Waals surface area contributed by atoms with Crippen molar-refractivity contribution in [3.8, 4) is 16.9 Å². The summed E-state index contributed by atoms with van der Waals surface area (Å²) < 4.78 is 33.1. The molecule has 34 heavy (non-hydrogen) atoms. The summed E-state index contributed by atoms with van der Waals surface area (Å²) in [5, 5.41) is 2.94. The van der Waals surface area contributed by atoms with Crippen LogP contribution in [0.4, 0.5) is 0 Å². The summed E-state index contributed by atoms with van der Waals surface area (Å²) in [6.07, 6.45) is 4.01. The van der Waals surface area contributed by atoms with Crippen LogP contribution in [0, 0.1) is 0 Å². The number of amides is 1. The second-order valence-corrected chi connectivity index (χ2v) is 12.1. The molecule has 2 aliphatic heterocycles. The summed E-state index contributed by atoms with van der Waals surface area (Å²) in [7, 11) is -3.45. The molecular weight excluding hydrogens is 468 g/mol. The Morgan fingerprint density at radius 3 is 2.53 bits per heavy atom. The minimum Gasteiger partial charge on any atom is -0.493 e. The van der Waals surface area contributed by atoms with E-state index in [1.807, 2.05) is 18.2 Å². The van der Waals surface area contributed by atoms with Gasteiger partial charge in [0.1, 0.15) is 9.96 Å². The van der Waals surface area contributed by atoms with E-state index in [2.05, 4.69) is 29.6 Å². The van der Waals surface area contributed by atoms with Crippen molar-refractivity contribution in [2.75, 3.05) is 19.7 Å². The minimum absolute atomic E-state index is 0.119. The highest BCUT2D eigenvalue weighted by molar-refractivity contribution is 7.91. The van der Waals surface area contributed by atoms with E-state index in [1.165, 1.54) is 16.9 Å². The number of carbonyl (C=O) groups is 1. The number of hydrogen-bond donors (Lipinski definition) is 1. The van der Waals surface area contributed by atoms with Gasteiger partial charge in [-0.15, -0.1) is 11.3 Å². The lowest BCUT2D eigenvalue weighted by atomic mass is 10.0. The molecule has 5 rings (SSSR count). The molecule has 1 N–H and O–H groups in total. The van der Waals surface area contributed by atoms with E-state index in [0.29, 0.717) is 23.8 Å². The quantitative estimate of drug-likeness (QED) is 0.527. The summed E-state index contributed by atoms with van der Waals surface area (Å²) >= 11 is 1.19. The first-order valence-electron chi connectivity index (χ1n) is 11.7. The molecule has 3 aromatic rings. The van der Waals surface area contributed by atoms with E-state index < -0.39 is 10.0 Å². The Morgan fingerprint density at radius 1 is 0.971 bits per heavy atom. The fourth-order valence-electron chi connectivity index (χ4n) is 4.43. The minimum atomic E-state index is -3.45. The molecule has 3 heterocycles. The third kappa shape index (κ3) is 5.04. The predicted molar refractivity (Wildman–Crippen MR) is 134 cm³/mol. The van der Waals surface area contributed by atoms with Gasteiger partial charge in [0.05, 0.1) is 13.0 Å². The monoisotopic (exact) mass is 496 g/mol. The maximum Gasteiger partial charge on any atom is 0.252 e. The molecule has 1 amide bonds. The molecule has 178 valence electrons. The fraction of sp³-hybridized carbons (Fsp3) is 0.346. The number of carbonyl (C=O) groups excluding carboxylic acids is 1. The standard InChI is InChI=1S/C26H28N2O4S2/c29-25(17-23-9-11-26(33-23)34(30,31)28-13-2-1-3-14-28)27-18-19-4-6-20(7-5-19)21-8-10-24-22(16-21)12-15-32-24/h4-11,16H,1-3,12-15,17-18H2,(H,27,29). The molecule has 2 aromatic carbocycles. The number of piperidine rings is 1. The van der Waals surface area contributed by atoms with Crippen molar-refractivity contribution in [1.82, 2.24) is 9.62 Å². The number of fused-ring (bicyclic) bond motifs is 1. The number of ether oxygens (including phenoxy) is 1. The predicted octanol–water partition coefficient (Wildman–Crippen LogP) is 4.38. The zero-order valence-corrected chi connectivity index (χ0v) is 20.6. The van der Waals surface area contributed by atoms with Crippen LogP contribution in [0.3, 0.4) is 0 Å². The third-order valence-corrected chi connectivity index (χ3v) is 9.80. The zero-order valence-electron chi connectivity index (χ0n) is 19.0. The molecule has 0 unspecified atom stereocenters. The van der Waals surface area contributed by atoms with Gasteiger partial charge in [0, 0.05) is 30.9 Å². The van der Waals surface area contributed by atoms with Crippen LogP contribution in [0.15, 0.2) is 58.8 Å². The van der Waals surface area contributed by atoms with Crippen LogP contribution < -0.4 is 10.1 Å². The summed E-state index contributed by atoms with van der Waals surface area (Å²) in [6.45, 7) is 2.34. The Balaban J connectivity index is 1.15. The van der Waals surface area contributed by atoms with Crippen molar-refractivity contribution >= 4 is 27.3 Å². The Kier molecular flexibility index (Phi) is 6.72. The van der Waals surface area contributed by atoms with Crippen LogP contribution in [-0.2, 0) is 34.2 Å². The smallest absolute Gasteiger partial charge is 0.252 e. The van der Waals surface area contributed by atoms with E-state index >= 15 is 0 Å². The van der Waals surface area contributed by atoms with Crippen LogP contribution in [0.2, 0.25) is 0 Å². The second-order valence-electron chi connectivity index (χ2n) is 8.76. The second kappa shape index (κ2) is 9.90. The largest absolute Gasteiger partial charge is 0.493 e. The maximum absolute atomic E-state index is 12.8. The molecule has 1 fully saturated rings. The Hall–Kier alpha value is -2.68. The van der Waals surface area contributed by atoms with Gasteiger partial charge in [-0.25, -0.2) is 8.42 Å². The molecule has 8 heteroatoms. The molecular formula is C26H28N2O4S2. The Labute approximate surface area is 204 Å². The van der Waals surface area contributed by atoms with Crippen molar-refractivity contribution in [3.63, 3.8) is 0 Å². The van der Waals surface area contributed by atoms with Crippen molar-refractivity contribution in [2.45, 2.75) is 42.9 Å². The van der Waals surface area contributed by atoms with Gasteiger partial charge in [-0.2, -0.15) is 4.31 Å². The van der Waals surface area contributed by atoms with Gasteiger partial charge in [-0.05, 0) is 59.4 Å². The first kappa shape index (κ1) is 23.1. The number of benzene rings is 2. The van der Waals surface area contributed by atoms with Gasteiger partial charge in [0.25, 0.3) is 10.0 Å². The Bertz CT molecular complexity index is 1280. The Morgan fingerprint density at radius 2 is 1.74 bits per heavy atom. The number of nitrogens with zero attached hydrogens (tertiary/aromatic N) is 1. The van der Waals surface area contributed by atoms with E-state index in [0.717, 1.165) is 59.6 Å². The van der Waals surface area contributed by atoms with Crippen LogP contribution in [0.25, 0.3) is 11.1 Å². The number of thiophene rings is 1. The van der Waals surface area contributed by atoms with Crippen LogP contribution >= 0.6 is 11.3 Å². The first-order valence-corrected chi connectivity index (χ1v) is 14.0. The van der Waals surface area contributed by atoms with Crippen molar-refractivity contribution in [3.05, 3.63) is 70.6 Å². The van der Waals surface area contributed by atoms with Gasteiger partial charge < -0.3 is 10.1 Å². The SMILES string of the molecule is O=C(Cc1ccc(S(=O)(=O)N2CCCCC2)s1)NCc1ccc(-c2ccc3c(c2)CCO3)cc1. The van der Waals surface area contributed by atoms with E-state index in [9.17, 15) is 13.2 Å². The molecule has 1 aromatic heterocycles. The van der Waals surface area contributed by atoms with Crippen molar-refractivity contribution < 1.29 is 17.9 Å². The van der Waals surface area contributed by atoms with Crippen LogP contribution in [-0.4, -0.2) is 38.3 Å². The van der Waals surface area contributed by atoms with E-state index in [1.54, 1.807) is 16.4 Å².